The number of hydrogen-bond acceptors (Lipinski definition) is 9. The fraction of sp³-hybridized carbons (Fsp3) is 0.615. The highest BCUT2D eigenvalue weighted by atomic mass is 31.1. The van der Waals surface area contributed by atoms with E-state index in [0.717, 1.165) is 0 Å². The molecule has 2 aromatic heterocycles. The van der Waals surface area contributed by atoms with Crippen molar-refractivity contribution in [3.05, 3.63) is 12.7 Å². The van der Waals surface area contributed by atoms with Gasteiger partial charge in [-0.05, 0) is 13.8 Å². The second-order valence-electron chi connectivity index (χ2n) is 4.62. The van der Waals surface area contributed by atoms with Gasteiger partial charge in [-0.3, -0.25) is 0 Å². The van der Waals surface area contributed by atoms with Crippen molar-refractivity contribution >= 4 is 25.4 Å². The van der Waals surface area contributed by atoms with Gasteiger partial charge in [0.25, 0.3) is 0 Å². The molecule has 1 atom stereocenters. The summed E-state index contributed by atoms with van der Waals surface area (Å²) in [5.74, 6) is 0.294. The molecule has 0 spiro atoms. The van der Waals surface area contributed by atoms with Crippen LogP contribution in [0.1, 0.15) is 20.3 Å². The van der Waals surface area contributed by atoms with Crippen molar-refractivity contribution in [2.24, 2.45) is 0 Å². The fourth-order valence-electron chi connectivity index (χ4n) is 1.99. The Bertz CT molecular complexity index is 661. The van der Waals surface area contributed by atoms with Crippen LogP contribution < -0.4 is 10.6 Å². The Balaban J connectivity index is 1.83. The largest absolute Gasteiger partial charge is 0.411 e. The van der Waals surface area contributed by atoms with Crippen LogP contribution in [-0.4, -0.2) is 51.8 Å². The first kappa shape index (κ1) is 18.6. The number of fused-ring (bicyclic) bond motifs is 1. The molecule has 24 heavy (non-hydrogen) atoms. The van der Waals surface area contributed by atoms with Crippen molar-refractivity contribution in [2.45, 2.75) is 26.0 Å². The van der Waals surface area contributed by atoms with Crippen molar-refractivity contribution in [3.63, 3.8) is 0 Å². The Morgan fingerprint density at radius 3 is 2.58 bits per heavy atom. The Morgan fingerprint density at radius 2 is 1.92 bits per heavy atom. The Hall–Kier alpha value is -1.74. The molecule has 0 saturated carbocycles. The van der Waals surface area contributed by atoms with Gasteiger partial charge in [0.15, 0.2) is 19.8 Å². The zero-order valence-electron chi connectivity index (χ0n) is 13.7. The molecule has 0 fully saturated rings. The van der Waals surface area contributed by atoms with E-state index in [1.807, 2.05) is 0 Å². The predicted molar refractivity (Wildman–Crippen MR) is 88.1 cm³/mol. The molecule has 0 aliphatic carbocycles. The van der Waals surface area contributed by atoms with Gasteiger partial charge in [0.1, 0.15) is 19.3 Å². The van der Waals surface area contributed by atoms with Gasteiger partial charge >= 0.3 is 5.71 Å². The minimum absolute atomic E-state index is 0.263. The van der Waals surface area contributed by atoms with Crippen LogP contribution >= 0.6 is 8.46 Å². The van der Waals surface area contributed by atoms with Gasteiger partial charge in [-0.2, -0.15) is 4.73 Å². The van der Waals surface area contributed by atoms with Crippen LogP contribution in [0.15, 0.2) is 12.7 Å². The molecule has 0 saturated heterocycles. The van der Waals surface area contributed by atoms with Gasteiger partial charge in [-0.15, -0.1) is 0 Å². The highest BCUT2D eigenvalue weighted by Gasteiger charge is 2.31. The Morgan fingerprint density at radius 1 is 1.17 bits per heavy atom. The van der Waals surface area contributed by atoms with E-state index in [4.69, 9.17) is 24.8 Å². The first-order valence-corrected chi connectivity index (χ1v) is 8.65. The fourth-order valence-corrected chi connectivity index (χ4v) is 2.65. The summed E-state index contributed by atoms with van der Waals surface area (Å²) in [6.45, 7) is 4.85. The van der Waals surface area contributed by atoms with E-state index in [2.05, 4.69) is 15.0 Å². The predicted octanol–water partition coefficient (Wildman–Crippen LogP) is 0.684. The van der Waals surface area contributed by atoms with Crippen molar-refractivity contribution in [1.29, 1.82) is 0 Å². The maximum Gasteiger partial charge on any atom is 0.332 e. The molecular formula is C13H22N5O5P. The zero-order chi connectivity index (χ0) is 17.4. The number of aromatic nitrogens is 4. The van der Waals surface area contributed by atoms with Gasteiger partial charge in [-0.1, -0.05) is 0 Å². The maximum absolute atomic E-state index is 11.4. The van der Waals surface area contributed by atoms with E-state index >= 15 is 0 Å². The molecule has 134 valence electrons. The molecule has 0 aliphatic rings. The van der Waals surface area contributed by atoms with Crippen molar-refractivity contribution < 1.29 is 23.6 Å². The molecular weight excluding hydrogens is 337 g/mol. The summed E-state index contributed by atoms with van der Waals surface area (Å²) in [5.41, 5.74) is 5.23. The SMILES string of the molecule is CCOC(OCC)(OCCCOn1cnc2c(N)ncnc21)[PH2]=O. The summed E-state index contributed by atoms with van der Waals surface area (Å²) in [6, 6.07) is 0. The number of hydrogen-bond donors (Lipinski definition) is 1. The van der Waals surface area contributed by atoms with Gasteiger partial charge in [-0.25, -0.2) is 15.0 Å². The lowest BCUT2D eigenvalue weighted by Crippen LogP contribution is -2.34. The lowest BCUT2D eigenvalue weighted by atomic mass is 10.5. The van der Waals surface area contributed by atoms with Crippen molar-refractivity contribution in [2.75, 3.05) is 32.2 Å². The van der Waals surface area contributed by atoms with Crippen LogP contribution in [0.3, 0.4) is 0 Å². The zero-order valence-corrected chi connectivity index (χ0v) is 14.8. The van der Waals surface area contributed by atoms with Crippen LogP contribution in [0.5, 0.6) is 0 Å². The average molecular weight is 359 g/mol. The van der Waals surface area contributed by atoms with Crippen molar-refractivity contribution in [3.8, 4) is 0 Å². The third-order valence-electron chi connectivity index (χ3n) is 2.99. The molecule has 11 heteroatoms. The summed E-state index contributed by atoms with van der Waals surface area (Å²) in [5, 5.41) is 0. The maximum atomic E-state index is 11.4. The summed E-state index contributed by atoms with van der Waals surface area (Å²) in [7, 11) is -1.40. The van der Waals surface area contributed by atoms with E-state index in [0.29, 0.717) is 43.2 Å². The first-order valence-electron chi connectivity index (χ1n) is 7.60. The Labute approximate surface area is 140 Å². The van der Waals surface area contributed by atoms with Crippen LogP contribution in [-0.2, 0) is 18.8 Å². The molecule has 2 rings (SSSR count). The van der Waals surface area contributed by atoms with Gasteiger partial charge in [0.05, 0.1) is 19.8 Å². The average Bonchev–Trinajstić information content (AvgIpc) is 2.99. The number of nitrogens with zero attached hydrogens (tertiary/aromatic N) is 4. The summed E-state index contributed by atoms with van der Waals surface area (Å²) in [4.78, 5) is 17.6. The smallest absolute Gasteiger partial charge is 0.332 e. The number of nitrogen functional groups attached to an aromatic ring is 1. The number of anilines is 1. The molecule has 0 amide bonds. The monoisotopic (exact) mass is 359 g/mol. The van der Waals surface area contributed by atoms with Crippen LogP contribution in [0, 0.1) is 0 Å². The summed E-state index contributed by atoms with van der Waals surface area (Å²) < 4.78 is 29.0. The molecule has 2 aromatic rings. The van der Waals surface area contributed by atoms with Crippen LogP contribution in [0.2, 0.25) is 0 Å². The third kappa shape index (κ3) is 4.41. The third-order valence-corrected chi connectivity index (χ3v) is 3.78. The first-order chi connectivity index (χ1) is 11.7. The molecule has 10 nitrogen and oxygen atoms in total. The van der Waals surface area contributed by atoms with Gasteiger partial charge < -0.3 is 29.3 Å². The number of ether oxygens (including phenoxy) is 3. The standard InChI is InChI=1S/C13H22N5O5P/c1-3-20-13(24-19,21-4-2)22-6-5-7-23-18-9-17-10-11(14)15-8-16-12(10)18/h8-9H,3-7,24H2,1-2H3,(H2,14,15,16). The minimum atomic E-state index is -1.45. The summed E-state index contributed by atoms with van der Waals surface area (Å²) in [6.07, 6.45) is 3.35. The summed E-state index contributed by atoms with van der Waals surface area (Å²) >= 11 is 0. The second kappa shape index (κ2) is 8.93. The highest BCUT2D eigenvalue weighted by Crippen LogP contribution is 2.28. The van der Waals surface area contributed by atoms with E-state index in [-0.39, 0.29) is 6.61 Å². The van der Waals surface area contributed by atoms with Crippen LogP contribution in [0.4, 0.5) is 5.82 Å². The van der Waals surface area contributed by atoms with E-state index in [1.165, 1.54) is 17.4 Å². The molecule has 2 N–H and O–H groups in total. The molecule has 0 bridgehead atoms. The van der Waals surface area contributed by atoms with Crippen molar-refractivity contribution in [1.82, 2.24) is 19.7 Å². The lowest BCUT2D eigenvalue weighted by molar-refractivity contribution is -0.318. The number of rotatable bonds is 11. The Kier molecular flexibility index (Phi) is 6.92. The molecule has 0 aromatic carbocycles. The molecule has 0 radical (unpaired) electrons. The van der Waals surface area contributed by atoms with Gasteiger partial charge in [0.2, 0.25) is 5.65 Å². The lowest BCUT2D eigenvalue weighted by Gasteiger charge is -2.27. The highest BCUT2D eigenvalue weighted by molar-refractivity contribution is 7.25. The minimum Gasteiger partial charge on any atom is -0.411 e. The normalized spacial score (nSPS) is 12.4. The second-order valence-corrected chi connectivity index (χ2v) is 5.57. The molecule has 1 unspecified atom stereocenters. The van der Waals surface area contributed by atoms with E-state index < -0.39 is 14.2 Å². The topological polar surface area (TPSA) is 124 Å². The van der Waals surface area contributed by atoms with Crippen LogP contribution in [0.25, 0.3) is 11.2 Å². The number of imidazole rings is 1. The van der Waals surface area contributed by atoms with E-state index in [9.17, 15) is 4.57 Å². The van der Waals surface area contributed by atoms with E-state index in [1.54, 1.807) is 13.8 Å². The molecule has 0 aliphatic heterocycles. The number of nitrogens with two attached hydrogens (primary N) is 1. The van der Waals surface area contributed by atoms with Gasteiger partial charge in [0, 0.05) is 6.42 Å². The molecule has 2 heterocycles. The quantitative estimate of drug-likeness (QED) is 0.350.